The minimum Gasteiger partial charge on any atom is -0.297 e. The fraction of sp³-hybridized carbons (Fsp3) is 0.857. The van der Waals surface area contributed by atoms with E-state index in [0.29, 0.717) is 6.04 Å². The van der Waals surface area contributed by atoms with Crippen molar-refractivity contribution in [3.05, 3.63) is 12.7 Å². The maximum atomic E-state index is 3.75. The third-order valence-electron chi connectivity index (χ3n) is 2.31. The lowest BCUT2D eigenvalue weighted by atomic mass is 10.0. The molecule has 0 aromatic carbocycles. The Bertz CT molecular complexity index is 108. The number of rotatable bonds is 5. The summed E-state index contributed by atoms with van der Waals surface area (Å²) in [6, 6.07) is 0.665. The van der Waals surface area contributed by atoms with Crippen LogP contribution in [-0.2, 0) is 0 Å². The number of hydrogen-bond acceptors (Lipinski definition) is 1. The Kier molecular flexibility index (Phi) is 21.7. The summed E-state index contributed by atoms with van der Waals surface area (Å²) in [6.45, 7) is 22.9. The van der Waals surface area contributed by atoms with Gasteiger partial charge in [0.2, 0.25) is 0 Å². The van der Waals surface area contributed by atoms with E-state index in [1.165, 1.54) is 0 Å². The lowest BCUT2D eigenvalue weighted by Crippen LogP contribution is -2.36. The molecule has 1 atom stereocenters. The van der Waals surface area contributed by atoms with Crippen molar-refractivity contribution >= 4 is 0 Å². The van der Waals surface area contributed by atoms with Gasteiger partial charge in [-0.3, -0.25) is 4.90 Å². The van der Waals surface area contributed by atoms with Gasteiger partial charge in [0.25, 0.3) is 0 Å². The van der Waals surface area contributed by atoms with Crippen LogP contribution in [0.15, 0.2) is 12.7 Å². The molecule has 0 fully saturated rings. The highest BCUT2D eigenvalue weighted by atomic mass is 15.1. The molecule has 0 spiro atoms. The standard InChI is InChI=1S/C10H21N.2C2H6/c1-6-8-11(7-2)10(5)9(3)4;2*1-2/h6,9-10H,1,7-8H2,2-5H3;2*1-2H3. The van der Waals surface area contributed by atoms with E-state index in [-0.39, 0.29) is 0 Å². The van der Waals surface area contributed by atoms with Crippen LogP contribution in [0.2, 0.25) is 0 Å². The van der Waals surface area contributed by atoms with Crippen LogP contribution >= 0.6 is 0 Å². The number of hydrogen-bond donors (Lipinski definition) is 0. The average molecular weight is 215 g/mol. The summed E-state index contributed by atoms with van der Waals surface area (Å²) in [5.41, 5.74) is 0. The topological polar surface area (TPSA) is 3.24 Å². The number of nitrogens with zero attached hydrogens (tertiary/aromatic N) is 1. The molecule has 0 aliphatic rings. The second kappa shape index (κ2) is 16.1. The summed E-state index contributed by atoms with van der Waals surface area (Å²) < 4.78 is 0. The summed E-state index contributed by atoms with van der Waals surface area (Å²) in [4.78, 5) is 2.43. The monoisotopic (exact) mass is 215 g/mol. The zero-order valence-electron chi connectivity index (χ0n) is 12.3. The van der Waals surface area contributed by atoms with Gasteiger partial charge < -0.3 is 0 Å². The van der Waals surface area contributed by atoms with Crippen molar-refractivity contribution in [2.75, 3.05) is 13.1 Å². The molecule has 0 aromatic rings. The molecule has 0 saturated heterocycles. The van der Waals surface area contributed by atoms with Crippen molar-refractivity contribution in [3.63, 3.8) is 0 Å². The Labute approximate surface area is 98.6 Å². The van der Waals surface area contributed by atoms with Gasteiger partial charge in [0.1, 0.15) is 0 Å². The third kappa shape index (κ3) is 11.6. The molecule has 15 heavy (non-hydrogen) atoms. The van der Waals surface area contributed by atoms with Crippen molar-refractivity contribution in [2.24, 2.45) is 5.92 Å². The molecule has 1 heteroatoms. The van der Waals surface area contributed by atoms with E-state index in [2.05, 4.69) is 39.2 Å². The summed E-state index contributed by atoms with van der Waals surface area (Å²) >= 11 is 0. The molecule has 1 unspecified atom stereocenters. The molecule has 1 nitrogen and oxygen atoms in total. The van der Waals surface area contributed by atoms with E-state index in [0.717, 1.165) is 19.0 Å². The quantitative estimate of drug-likeness (QED) is 0.606. The molecule has 0 saturated carbocycles. The first-order chi connectivity index (χ1) is 7.13. The molecule has 0 heterocycles. The molecule has 0 aliphatic carbocycles. The molecule has 0 rings (SSSR count). The fourth-order valence-electron chi connectivity index (χ4n) is 1.17. The molecule has 0 aromatic heterocycles. The van der Waals surface area contributed by atoms with Gasteiger partial charge in [0, 0.05) is 12.6 Å². The van der Waals surface area contributed by atoms with Gasteiger partial charge >= 0.3 is 0 Å². The maximum Gasteiger partial charge on any atom is 0.0163 e. The molecular formula is C14H33N. The minimum atomic E-state index is 0.665. The van der Waals surface area contributed by atoms with Crippen LogP contribution in [0, 0.1) is 5.92 Å². The maximum absolute atomic E-state index is 3.75. The van der Waals surface area contributed by atoms with Crippen LogP contribution in [0.5, 0.6) is 0 Å². The Morgan fingerprint density at radius 2 is 1.47 bits per heavy atom. The first-order valence-electron chi connectivity index (χ1n) is 6.48. The van der Waals surface area contributed by atoms with Gasteiger partial charge in [-0.15, -0.1) is 6.58 Å². The molecule has 0 amide bonds. The van der Waals surface area contributed by atoms with Crippen LogP contribution in [0.25, 0.3) is 0 Å². The highest BCUT2D eigenvalue weighted by Gasteiger charge is 2.13. The van der Waals surface area contributed by atoms with Crippen LogP contribution in [-0.4, -0.2) is 24.0 Å². The molecule has 0 bridgehead atoms. The van der Waals surface area contributed by atoms with E-state index in [1.54, 1.807) is 0 Å². The van der Waals surface area contributed by atoms with Crippen LogP contribution < -0.4 is 0 Å². The van der Waals surface area contributed by atoms with E-state index in [1.807, 2.05) is 33.8 Å². The largest absolute Gasteiger partial charge is 0.297 e. The average Bonchev–Trinajstić information content (AvgIpc) is 2.30. The molecule has 0 aliphatic heterocycles. The molecule has 94 valence electrons. The van der Waals surface area contributed by atoms with Crippen LogP contribution in [0.4, 0.5) is 0 Å². The highest BCUT2D eigenvalue weighted by molar-refractivity contribution is 4.77. The summed E-state index contributed by atoms with van der Waals surface area (Å²) in [6.07, 6.45) is 1.97. The smallest absolute Gasteiger partial charge is 0.0163 e. The zero-order valence-corrected chi connectivity index (χ0v) is 12.3. The summed E-state index contributed by atoms with van der Waals surface area (Å²) in [5, 5.41) is 0. The van der Waals surface area contributed by atoms with Gasteiger partial charge in [0.15, 0.2) is 0 Å². The lowest BCUT2D eigenvalue weighted by Gasteiger charge is -2.29. The summed E-state index contributed by atoms with van der Waals surface area (Å²) in [7, 11) is 0. The predicted molar refractivity (Wildman–Crippen MR) is 74.4 cm³/mol. The van der Waals surface area contributed by atoms with Crippen molar-refractivity contribution < 1.29 is 0 Å². The second-order valence-corrected chi connectivity index (χ2v) is 3.36. The first-order valence-corrected chi connectivity index (χ1v) is 6.48. The summed E-state index contributed by atoms with van der Waals surface area (Å²) in [5.74, 6) is 0.731. The second-order valence-electron chi connectivity index (χ2n) is 3.36. The Hall–Kier alpha value is -0.300. The zero-order chi connectivity index (χ0) is 12.9. The van der Waals surface area contributed by atoms with Crippen LogP contribution in [0.3, 0.4) is 0 Å². The number of likely N-dealkylation sites (N-methyl/N-ethyl adjacent to an activating group) is 1. The van der Waals surface area contributed by atoms with Crippen molar-refractivity contribution in [1.29, 1.82) is 0 Å². The predicted octanol–water partition coefficient (Wildman–Crippen LogP) is 4.59. The van der Waals surface area contributed by atoms with Gasteiger partial charge in [0.05, 0.1) is 0 Å². The van der Waals surface area contributed by atoms with E-state index in [4.69, 9.17) is 0 Å². The van der Waals surface area contributed by atoms with E-state index in [9.17, 15) is 0 Å². The molecule has 0 N–H and O–H groups in total. The van der Waals surface area contributed by atoms with Gasteiger partial charge in [-0.1, -0.05) is 54.5 Å². The Balaban J connectivity index is -0.000000318. The normalized spacial score (nSPS) is 11.1. The van der Waals surface area contributed by atoms with Crippen molar-refractivity contribution in [2.45, 2.75) is 61.4 Å². The fourth-order valence-corrected chi connectivity index (χ4v) is 1.17. The van der Waals surface area contributed by atoms with Gasteiger partial charge in [-0.2, -0.15) is 0 Å². The van der Waals surface area contributed by atoms with Gasteiger partial charge in [-0.25, -0.2) is 0 Å². The highest BCUT2D eigenvalue weighted by Crippen LogP contribution is 2.08. The van der Waals surface area contributed by atoms with E-state index < -0.39 is 0 Å². The van der Waals surface area contributed by atoms with Crippen LogP contribution in [0.1, 0.15) is 55.4 Å². The van der Waals surface area contributed by atoms with Crippen molar-refractivity contribution in [3.8, 4) is 0 Å². The SMILES string of the molecule is C=CCN(CC)C(C)C(C)C.CC.CC. The molecule has 0 radical (unpaired) electrons. The third-order valence-corrected chi connectivity index (χ3v) is 2.31. The molecular weight excluding hydrogens is 182 g/mol. The Morgan fingerprint density at radius 1 is 1.07 bits per heavy atom. The Morgan fingerprint density at radius 3 is 1.67 bits per heavy atom. The van der Waals surface area contributed by atoms with Crippen molar-refractivity contribution in [1.82, 2.24) is 4.90 Å². The lowest BCUT2D eigenvalue weighted by molar-refractivity contribution is 0.196. The van der Waals surface area contributed by atoms with Gasteiger partial charge in [-0.05, 0) is 19.4 Å². The first kappa shape index (κ1) is 20.2. The van der Waals surface area contributed by atoms with E-state index >= 15 is 0 Å². The minimum absolute atomic E-state index is 0.665.